The Labute approximate surface area is 141 Å². The van der Waals surface area contributed by atoms with Crippen molar-refractivity contribution in [2.24, 2.45) is 0 Å². The molecule has 1 amide bonds. The van der Waals surface area contributed by atoms with E-state index in [9.17, 15) is 4.79 Å². The Hall–Kier alpha value is -2.70. The third-order valence-electron chi connectivity index (χ3n) is 3.71. The topological polar surface area (TPSA) is 64.4 Å². The average Bonchev–Trinajstić information content (AvgIpc) is 3.16. The largest absolute Gasteiger partial charge is 0.451 e. The number of nitrogens with one attached hydrogen (secondary N) is 1. The Morgan fingerprint density at radius 3 is 2.83 bits per heavy atom. The summed E-state index contributed by atoms with van der Waals surface area (Å²) in [6, 6.07) is 15.3. The van der Waals surface area contributed by atoms with Crippen molar-refractivity contribution in [2.45, 2.75) is 6.61 Å². The molecule has 0 atom stereocenters. The molecule has 0 bridgehead atoms. The predicted molar refractivity (Wildman–Crippen MR) is 94.5 cm³/mol. The summed E-state index contributed by atoms with van der Waals surface area (Å²) in [6.07, 6.45) is 0. The zero-order chi connectivity index (χ0) is 16.5. The van der Waals surface area contributed by atoms with Crippen LogP contribution < -0.4 is 5.32 Å². The van der Waals surface area contributed by atoms with Gasteiger partial charge in [0.25, 0.3) is 5.91 Å². The number of aromatic nitrogens is 1. The fourth-order valence-corrected chi connectivity index (χ4v) is 3.51. The number of hydrogen-bond donors (Lipinski definition) is 1. The van der Waals surface area contributed by atoms with Crippen LogP contribution in [0.15, 0.2) is 52.9 Å². The summed E-state index contributed by atoms with van der Waals surface area (Å²) in [4.78, 5) is 17.1. The zero-order valence-corrected chi connectivity index (χ0v) is 13.7. The van der Waals surface area contributed by atoms with Gasteiger partial charge in [-0.25, -0.2) is 4.98 Å². The first-order valence-electron chi connectivity index (χ1n) is 7.42. The highest BCUT2D eigenvalue weighted by Gasteiger charge is 2.21. The summed E-state index contributed by atoms with van der Waals surface area (Å²) in [5.74, 6) is -0.0605. The zero-order valence-electron chi connectivity index (χ0n) is 12.9. The molecule has 4 aromatic rings. The quantitative estimate of drug-likeness (QED) is 0.597. The second-order valence-electron chi connectivity index (χ2n) is 5.28. The lowest BCUT2D eigenvalue weighted by Gasteiger charge is -2.02. The van der Waals surface area contributed by atoms with Crippen LogP contribution >= 0.6 is 11.3 Å². The van der Waals surface area contributed by atoms with E-state index in [4.69, 9.17) is 9.15 Å². The molecule has 0 aliphatic carbocycles. The van der Waals surface area contributed by atoms with Crippen molar-refractivity contribution in [2.75, 3.05) is 12.4 Å². The summed E-state index contributed by atoms with van der Waals surface area (Å²) in [5.41, 5.74) is 2.27. The monoisotopic (exact) mass is 338 g/mol. The number of thiazole rings is 1. The number of benzene rings is 2. The molecule has 2 aromatic heterocycles. The first kappa shape index (κ1) is 14.9. The molecular formula is C18H14N2O3S. The molecule has 0 aliphatic heterocycles. The number of carbonyl (C=O) groups is 1. The number of furan rings is 1. The molecule has 0 saturated carbocycles. The normalized spacial score (nSPS) is 11.2. The molecule has 0 unspecified atom stereocenters. The van der Waals surface area contributed by atoms with Crippen LogP contribution in [-0.4, -0.2) is 18.0 Å². The van der Waals surface area contributed by atoms with E-state index >= 15 is 0 Å². The maximum absolute atomic E-state index is 12.7. The van der Waals surface area contributed by atoms with Crippen molar-refractivity contribution < 1.29 is 13.9 Å². The molecule has 0 spiro atoms. The van der Waals surface area contributed by atoms with Gasteiger partial charge in [0.1, 0.15) is 5.58 Å². The van der Waals surface area contributed by atoms with Gasteiger partial charge in [-0.05, 0) is 18.2 Å². The first-order chi connectivity index (χ1) is 11.8. The molecular weight excluding hydrogens is 324 g/mol. The molecule has 0 saturated heterocycles. The lowest BCUT2D eigenvalue weighted by molar-refractivity contribution is 0.0992. The number of para-hydroxylation sites is 2. The fraction of sp³-hybridized carbons (Fsp3) is 0.111. The third-order valence-corrected chi connectivity index (χ3v) is 4.66. The summed E-state index contributed by atoms with van der Waals surface area (Å²) in [5, 5.41) is 4.26. The second-order valence-corrected chi connectivity index (χ2v) is 6.31. The van der Waals surface area contributed by atoms with E-state index < -0.39 is 0 Å². The minimum Gasteiger partial charge on any atom is -0.451 e. The molecule has 5 nitrogen and oxygen atoms in total. The summed E-state index contributed by atoms with van der Waals surface area (Å²) in [7, 11) is 1.59. The Morgan fingerprint density at radius 1 is 1.21 bits per heavy atom. The van der Waals surface area contributed by atoms with Gasteiger partial charge in [-0.3, -0.25) is 10.1 Å². The minimum atomic E-state index is -0.322. The number of nitrogens with zero attached hydrogens (tertiary/aromatic N) is 1. The number of rotatable bonds is 4. The Kier molecular flexibility index (Phi) is 3.76. The van der Waals surface area contributed by atoms with E-state index in [0.717, 1.165) is 21.2 Å². The number of amides is 1. The van der Waals surface area contributed by atoms with Gasteiger partial charge in [0.15, 0.2) is 10.9 Å². The van der Waals surface area contributed by atoms with Crippen LogP contribution in [0.1, 0.15) is 16.1 Å². The molecule has 4 rings (SSSR count). The molecule has 2 aromatic carbocycles. The van der Waals surface area contributed by atoms with Gasteiger partial charge in [0.05, 0.1) is 16.8 Å². The van der Waals surface area contributed by atoms with E-state index in [1.54, 1.807) is 7.11 Å². The Morgan fingerprint density at radius 2 is 2.00 bits per heavy atom. The predicted octanol–water partition coefficient (Wildman–Crippen LogP) is 4.44. The Bertz CT molecular complexity index is 1000. The smallest absolute Gasteiger partial charge is 0.293 e. The number of anilines is 1. The SMILES string of the molecule is COCc1c(C(=O)Nc2nc3ccccc3s2)oc2ccccc12. The van der Waals surface area contributed by atoms with Crippen molar-refractivity contribution in [3.63, 3.8) is 0 Å². The lowest BCUT2D eigenvalue weighted by atomic mass is 10.1. The standard InChI is InChI=1S/C18H14N2O3S/c1-22-10-12-11-6-2-4-8-14(11)23-16(12)17(21)20-18-19-13-7-3-5-9-15(13)24-18/h2-9H,10H2,1H3,(H,19,20,21). The van der Waals surface area contributed by atoms with E-state index in [0.29, 0.717) is 17.3 Å². The van der Waals surface area contributed by atoms with Gasteiger partial charge < -0.3 is 9.15 Å². The Balaban J connectivity index is 1.71. The number of hydrogen-bond acceptors (Lipinski definition) is 5. The van der Waals surface area contributed by atoms with Gasteiger partial charge in [-0.2, -0.15) is 0 Å². The molecule has 0 radical (unpaired) electrons. The van der Waals surface area contributed by atoms with Crippen molar-refractivity contribution in [3.8, 4) is 0 Å². The van der Waals surface area contributed by atoms with Crippen LogP contribution in [0.4, 0.5) is 5.13 Å². The third kappa shape index (κ3) is 2.55. The van der Waals surface area contributed by atoms with Crippen LogP contribution in [0, 0.1) is 0 Å². The highest BCUT2D eigenvalue weighted by molar-refractivity contribution is 7.22. The van der Waals surface area contributed by atoms with Crippen LogP contribution in [0.25, 0.3) is 21.2 Å². The fourth-order valence-electron chi connectivity index (χ4n) is 2.65. The molecule has 24 heavy (non-hydrogen) atoms. The van der Waals surface area contributed by atoms with Gasteiger partial charge in [0.2, 0.25) is 0 Å². The summed E-state index contributed by atoms with van der Waals surface area (Å²) >= 11 is 1.43. The summed E-state index contributed by atoms with van der Waals surface area (Å²) in [6.45, 7) is 0.305. The minimum absolute atomic E-state index is 0.261. The second kappa shape index (κ2) is 6.07. The van der Waals surface area contributed by atoms with Crippen LogP contribution in [0.2, 0.25) is 0 Å². The molecule has 1 N–H and O–H groups in total. The van der Waals surface area contributed by atoms with E-state index in [1.165, 1.54) is 11.3 Å². The van der Waals surface area contributed by atoms with Crippen molar-refractivity contribution in [1.29, 1.82) is 0 Å². The number of carbonyl (C=O) groups excluding carboxylic acids is 1. The van der Waals surface area contributed by atoms with Crippen LogP contribution in [0.5, 0.6) is 0 Å². The van der Waals surface area contributed by atoms with Crippen molar-refractivity contribution in [1.82, 2.24) is 4.98 Å². The highest BCUT2D eigenvalue weighted by atomic mass is 32.1. The van der Waals surface area contributed by atoms with E-state index in [-0.39, 0.29) is 11.7 Å². The maximum Gasteiger partial charge on any atom is 0.293 e. The molecule has 6 heteroatoms. The molecule has 0 fully saturated rings. The summed E-state index contributed by atoms with van der Waals surface area (Å²) < 4.78 is 12.0. The van der Waals surface area contributed by atoms with E-state index in [1.807, 2.05) is 48.5 Å². The first-order valence-corrected chi connectivity index (χ1v) is 8.24. The molecule has 0 aliphatic rings. The van der Waals surface area contributed by atoms with Gasteiger partial charge in [0, 0.05) is 18.1 Å². The number of fused-ring (bicyclic) bond motifs is 2. The van der Waals surface area contributed by atoms with Crippen LogP contribution in [0.3, 0.4) is 0 Å². The van der Waals surface area contributed by atoms with Crippen molar-refractivity contribution in [3.05, 3.63) is 59.9 Å². The lowest BCUT2D eigenvalue weighted by Crippen LogP contribution is -2.13. The van der Waals surface area contributed by atoms with Gasteiger partial charge in [-0.1, -0.05) is 41.7 Å². The number of methoxy groups -OCH3 is 1. The van der Waals surface area contributed by atoms with Crippen LogP contribution in [-0.2, 0) is 11.3 Å². The maximum atomic E-state index is 12.7. The molecule has 2 heterocycles. The van der Waals surface area contributed by atoms with Gasteiger partial charge in [-0.15, -0.1) is 0 Å². The number of ether oxygens (including phenoxy) is 1. The van der Waals surface area contributed by atoms with E-state index in [2.05, 4.69) is 10.3 Å². The van der Waals surface area contributed by atoms with Gasteiger partial charge >= 0.3 is 0 Å². The van der Waals surface area contributed by atoms with Crippen molar-refractivity contribution >= 4 is 43.6 Å². The average molecular weight is 338 g/mol. The molecule has 120 valence electrons. The highest BCUT2D eigenvalue weighted by Crippen LogP contribution is 2.29.